The summed E-state index contributed by atoms with van der Waals surface area (Å²) in [6.07, 6.45) is 0. The van der Waals surface area contributed by atoms with Crippen molar-refractivity contribution in [1.82, 2.24) is 4.98 Å². The first-order valence-electron chi connectivity index (χ1n) is 9.39. The van der Waals surface area contributed by atoms with E-state index in [-0.39, 0.29) is 15.5 Å². The molecule has 1 aromatic heterocycles. The number of carbonyl (C=O) groups excluding carboxylic acids is 1. The molecule has 164 valence electrons. The molecule has 0 fully saturated rings. The number of rotatable bonds is 6. The fourth-order valence-corrected chi connectivity index (χ4v) is 5.34. The minimum atomic E-state index is -3.90. The van der Waals surface area contributed by atoms with Crippen LogP contribution < -0.4 is 14.4 Å². The number of nitrogens with zero attached hydrogens (tertiary/aromatic N) is 2. The first kappa shape index (κ1) is 22.1. The number of sulfonamides is 1. The highest BCUT2D eigenvalue weighted by molar-refractivity contribution is 7.92. The Morgan fingerprint density at radius 3 is 2.56 bits per heavy atom. The number of anilines is 2. The Balaban J connectivity index is 1.63. The molecule has 0 aliphatic heterocycles. The van der Waals surface area contributed by atoms with Gasteiger partial charge in [-0.3, -0.25) is 14.4 Å². The summed E-state index contributed by atoms with van der Waals surface area (Å²) in [5.41, 5.74) is 1.24. The largest absolute Gasteiger partial charge is 0.497 e. The molecule has 0 spiro atoms. The van der Waals surface area contributed by atoms with Gasteiger partial charge in [-0.2, -0.15) is 0 Å². The van der Waals surface area contributed by atoms with E-state index >= 15 is 0 Å². The summed E-state index contributed by atoms with van der Waals surface area (Å²) < 4.78 is 33.4. The minimum Gasteiger partial charge on any atom is -0.497 e. The molecule has 0 radical (unpaired) electrons. The van der Waals surface area contributed by atoms with Gasteiger partial charge in [-0.1, -0.05) is 41.1 Å². The number of aromatic nitrogens is 1. The molecule has 32 heavy (non-hydrogen) atoms. The normalized spacial score (nSPS) is 11.3. The van der Waals surface area contributed by atoms with Gasteiger partial charge in [0.15, 0.2) is 5.13 Å². The van der Waals surface area contributed by atoms with Crippen molar-refractivity contribution in [3.8, 4) is 5.75 Å². The van der Waals surface area contributed by atoms with E-state index in [4.69, 9.17) is 16.3 Å². The van der Waals surface area contributed by atoms with Crippen molar-refractivity contribution in [2.45, 2.75) is 4.90 Å². The zero-order chi connectivity index (χ0) is 22.9. The third-order valence-corrected chi connectivity index (χ3v) is 7.82. The van der Waals surface area contributed by atoms with Gasteiger partial charge in [-0.15, -0.1) is 0 Å². The van der Waals surface area contributed by atoms with E-state index in [0.717, 1.165) is 9.01 Å². The Hall–Kier alpha value is -3.14. The molecule has 10 heteroatoms. The highest BCUT2D eigenvalue weighted by Crippen LogP contribution is 2.31. The fourth-order valence-electron chi connectivity index (χ4n) is 3.02. The minimum absolute atomic E-state index is 0.0334. The Morgan fingerprint density at radius 1 is 1.09 bits per heavy atom. The van der Waals surface area contributed by atoms with Gasteiger partial charge in [0.25, 0.3) is 15.9 Å². The Labute approximate surface area is 194 Å². The Morgan fingerprint density at radius 2 is 1.84 bits per heavy atom. The van der Waals surface area contributed by atoms with Gasteiger partial charge in [-0.25, -0.2) is 13.4 Å². The van der Waals surface area contributed by atoms with E-state index in [1.165, 1.54) is 36.6 Å². The van der Waals surface area contributed by atoms with E-state index in [0.29, 0.717) is 22.1 Å². The molecule has 7 nitrogen and oxygen atoms in total. The second kappa shape index (κ2) is 8.78. The van der Waals surface area contributed by atoms with Gasteiger partial charge in [-0.05, 0) is 48.5 Å². The fraction of sp³-hybridized carbons (Fsp3) is 0.0909. The molecule has 0 saturated heterocycles. The van der Waals surface area contributed by atoms with E-state index < -0.39 is 15.9 Å². The van der Waals surface area contributed by atoms with Crippen LogP contribution in [0, 0.1) is 0 Å². The van der Waals surface area contributed by atoms with Crippen molar-refractivity contribution in [3.05, 3.63) is 77.3 Å². The van der Waals surface area contributed by atoms with Crippen molar-refractivity contribution < 1.29 is 17.9 Å². The van der Waals surface area contributed by atoms with Gasteiger partial charge in [0, 0.05) is 7.05 Å². The second-order valence-electron chi connectivity index (χ2n) is 6.76. The first-order chi connectivity index (χ1) is 15.3. The molecule has 0 aliphatic carbocycles. The van der Waals surface area contributed by atoms with Crippen LogP contribution in [0.1, 0.15) is 10.4 Å². The van der Waals surface area contributed by atoms with Crippen LogP contribution in [0.2, 0.25) is 5.02 Å². The Bertz CT molecular complexity index is 1410. The number of amides is 1. The third-order valence-electron chi connectivity index (χ3n) is 4.78. The summed E-state index contributed by atoms with van der Waals surface area (Å²) in [4.78, 5) is 17.2. The number of fused-ring (bicyclic) bond motifs is 1. The molecule has 1 N–H and O–H groups in total. The van der Waals surface area contributed by atoms with Gasteiger partial charge in [0.2, 0.25) is 0 Å². The quantitative estimate of drug-likeness (QED) is 0.411. The topological polar surface area (TPSA) is 88.6 Å². The van der Waals surface area contributed by atoms with Crippen LogP contribution in [-0.2, 0) is 10.0 Å². The first-order valence-corrected chi connectivity index (χ1v) is 12.0. The lowest BCUT2D eigenvalue weighted by Gasteiger charge is -2.20. The summed E-state index contributed by atoms with van der Waals surface area (Å²) >= 11 is 7.49. The molecule has 3 aromatic carbocycles. The maximum Gasteiger partial charge on any atom is 0.264 e. The number of benzene rings is 3. The zero-order valence-electron chi connectivity index (χ0n) is 17.1. The molecular weight excluding hydrogens is 470 g/mol. The maximum absolute atomic E-state index is 13.1. The van der Waals surface area contributed by atoms with E-state index in [9.17, 15) is 13.2 Å². The monoisotopic (exact) mass is 487 g/mol. The van der Waals surface area contributed by atoms with Crippen molar-refractivity contribution in [2.24, 2.45) is 0 Å². The molecule has 4 aromatic rings. The predicted octanol–water partition coefficient (Wildman–Crippen LogP) is 5.04. The van der Waals surface area contributed by atoms with Crippen molar-refractivity contribution in [3.63, 3.8) is 0 Å². The van der Waals surface area contributed by atoms with Crippen molar-refractivity contribution in [1.29, 1.82) is 0 Å². The second-order valence-corrected chi connectivity index (χ2v) is 10.2. The number of para-hydroxylation sites is 1. The van der Waals surface area contributed by atoms with Crippen LogP contribution >= 0.6 is 22.9 Å². The smallest absolute Gasteiger partial charge is 0.264 e. The summed E-state index contributed by atoms with van der Waals surface area (Å²) in [6.45, 7) is 0. The van der Waals surface area contributed by atoms with Crippen molar-refractivity contribution in [2.75, 3.05) is 23.8 Å². The van der Waals surface area contributed by atoms with Gasteiger partial charge < -0.3 is 4.74 Å². The van der Waals surface area contributed by atoms with Crippen LogP contribution in [0.4, 0.5) is 10.8 Å². The summed E-state index contributed by atoms with van der Waals surface area (Å²) in [5.74, 6) is 0.128. The number of thiazole rings is 1. The van der Waals surface area contributed by atoms with Crippen LogP contribution in [0.15, 0.2) is 71.6 Å². The van der Waals surface area contributed by atoms with Gasteiger partial charge in [0.05, 0.1) is 38.5 Å². The highest BCUT2D eigenvalue weighted by Gasteiger charge is 2.24. The van der Waals surface area contributed by atoms with Crippen LogP contribution in [0.5, 0.6) is 5.75 Å². The van der Waals surface area contributed by atoms with Crippen LogP contribution in [-0.4, -0.2) is 33.5 Å². The number of ether oxygens (including phenoxy) is 1. The number of halogens is 1. The maximum atomic E-state index is 13.1. The molecule has 1 heterocycles. The molecule has 4 rings (SSSR count). The lowest BCUT2D eigenvalue weighted by molar-refractivity contribution is 0.102. The number of hydrogen-bond donors (Lipinski definition) is 1. The molecule has 0 bridgehead atoms. The average molecular weight is 488 g/mol. The predicted molar refractivity (Wildman–Crippen MR) is 128 cm³/mol. The number of nitrogens with one attached hydrogen (secondary N) is 1. The van der Waals surface area contributed by atoms with Crippen LogP contribution in [0.3, 0.4) is 0 Å². The number of methoxy groups -OCH3 is 1. The molecule has 1 amide bonds. The zero-order valence-corrected chi connectivity index (χ0v) is 19.5. The average Bonchev–Trinajstić information content (AvgIpc) is 3.20. The number of hydrogen-bond acceptors (Lipinski definition) is 6. The molecule has 0 unspecified atom stereocenters. The molecule has 0 atom stereocenters. The summed E-state index contributed by atoms with van der Waals surface area (Å²) in [5, 5.41) is 3.20. The molecule has 0 aliphatic rings. The van der Waals surface area contributed by atoms with Crippen molar-refractivity contribution >= 4 is 59.9 Å². The highest BCUT2D eigenvalue weighted by atomic mass is 35.5. The van der Waals surface area contributed by atoms with E-state index in [1.807, 2.05) is 6.07 Å². The van der Waals surface area contributed by atoms with Crippen LogP contribution in [0.25, 0.3) is 10.2 Å². The van der Waals surface area contributed by atoms with Gasteiger partial charge in [0.1, 0.15) is 5.75 Å². The molecular formula is C22H18ClN3O4S2. The van der Waals surface area contributed by atoms with E-state index in [1.54, 1.807) is 49.6 Å². The standard InChI is InChI=1S/C22H18ClN3O4S2/c1-26(14-6-4-3-5-7-14)32(28,29)16-9-10-18(23)17(13-16)21(27)25-22-24-19-11-8-15(30-2)12-20(19)31-22/h3-13H,1-2H3,(H,24,25,27). The Kier molecular flexibility index (Phi) is 6.05. The lowest BCUT2D eigenvalue weighted by atomic mass is 10.2. The number of carbonyl (C=O) groups is 1. The summed E-state index contributed by atoms with van der Waals surface area (Å²) in [6, 6.07) is 18.1. The molecule has 0 saturated carbocycles. The van der Waals surface area contributed by atoms with Gasteiger partial charge >= 0.3 is 0 Å². The lowest BCUT2D eigenvalue weighted by Crippen LogP contribution is -2.27. The summed E-state index contributed by atoms with van der Waals surface area (Å²) in [7, 11) is -0.873. The SMILES string of the molecule is COc1ccc2nc(NC(=O)c3cc(S(=O)(=O)N(C)c4ccccc4)ccc3Cl)sc2c1. The van der Waals surface area contributed by atoms with E-state index in [2.05, 4.69) is 10.3 Å². The third kappa shape index (κ3) is 4.27.